The van der Waals surface area contributed by atoms with E-state index in [1.54, 1.807) is 0 Å². The smallest absolute Gasteiger partial charge is 0.162 e. The molecular formula is C7H10FNO. The maximum absolute atomic E-state index is 12.7. The zero-order valence-electron chi connectivity index (χ0n) is 5.86. The average Bonchev–Trinajstić information content (AvgIpc) is 1.88. The molecule has 10 heavy (non-hydrogen) atoms. The van der Waals surface area contributed by atoms with E-state index in [1.165, 1.54) is 13.2 Å². The lowest BCUT2D eigenvalue weighted by Crippen LogP contribution is -2.04. The number of allylic oxidation sites excluding steroid dienone is 4. The summed E-state index contributed by atoms with van der Waals surface area (Å²) < 4.78 is 17.5. The van der Waals surface area contributed by atoms with Crippen molar-refractivity contribution in [2.45, 2.75) is 12.8 Å². The second kappa shape index (κ2) is 2.73. The van der Waals surface area contributed by atoms with Crippen LogP contribution in [-0.4, -0.2) is 7.11 Å². The number of halogens is 1. The SMILES string of the molecule is COC1=C(F)C=C(N)CC1. The van der Waals surface area contributed by atoms with Gasteiger partial charge in [0.05, 0.1) is 7.11 Å². The summed E-state index contributed by atoms with van der Waals surface area (Å²) in [6.07, 6.45) is 2.57. The van der Waals surface area contributed by atoms with E-state index in [4.69, 9.17) is 10.5 Å². The van der Waals surface area contributed by atoms with Gasteiger partial charge in [0.25, 0.3) is 0 Å². The molecule has 0 saturated heterocycles. The Morgan fingerprint density at radius 2 is 2.30 bits per heavy atom. The molecule has 1 aliphatic carbocycles. The maximum atomic E-state index is 12.7. The minimum Gasteiger partial charge on any atom is -0.498 e. The van der Waals surface area contributed by atoms with E-state index in [1.807, 2.05) is 0 Å². The first kappa shape index (κ1) is 7.12. The molecule has 1 rings (SSSR count). The lowest BCUT2D eigenvalue weighted by Gasteiger charge is -2.11. The van der Waals surface area contributed by atoms with Gasteiger partial charge in [-0.1, -0.05) is 0 Å². The van der Waals surface area contributed by atoms with Crippen LogP contribution in [0.5, 0.6) is 0 Å². The molecule has 0 unspecified atom stereocenters. The van der Waals surface area contributed by atoms with Gasteiger partial charge in [-0.05, 0) is 12.5 Å². The Balaban J connectivity index is 2.80. The number of rotatable bonds is 1. The molecule has 0 aliphatic heterocycles. The van der Waals surface area contributed by atoms with E-state index in [9.17, 15) is 4.39 Å². The molecule has 0 atom stereocenters. The zero-order valence-corrected chi connectivity index (χ0v) is 5.86. The molecule has 3 heteroatoms. The van der Waals surface area contributed by atoms with Crippen molar-refractivity contribution in [1.29, 1.82) is 0 Å². The Morgan fingerprint density at radius 1 is 1.60 bits per heavy atom. The van der Waals surface area contributed by atoms with Crippen LogP contribution in [0.4, 0.5) is 4.39 Å². The predicted molar refractivity (Wildman–Crippen MR) is 36.6 cm³/mol. The van der Waals surface area contributed by atoms with E-state index in [0.29, 0.717) is 24.3 Å². The van der Waals surface area contributed by atoms with Crippen LogP contribution in [0.25, 0.3) is 0 Å². The molecule has 56 valence electrons. The predicted octanol–water partition coefficient (Wildman–Crippen LogP) is 1.45. The molecule has 0 radical (unpaired) electrons. The third kappa shape index (κ3) is 1.29. The van der Waals surface area contributed by atoms with Crippen molar-refractivity contribution in [3.05, 3.63) is 23.4 Å². The number of ether oxygens (including phenoxy) is 1. The van der Waals surface area contributed by atoms with Gasteiger partial charge in [-0.15, -0.1) is 0 Å². The second-order valence-corrected chi connectivity index (χ2v) is 2.19. The second-order valence-electron chi connectivity index (χ2n) is 2.19. The van der Waals surface area contributed by atoms with Crippen LogP contribution in [0.1, 0.15) is 12.8 Å². The molecule has 0 saturated carbocycles. The normalized spacial score (nSPS) is 18.8. The maximum Gasteiger partial charge on any atom is 0.162 e. The van der Waals surface area contributed by atoms with Crippen LogP contribution in [0.2, 0.25) is 0 Å². The summed E-state index contributed by atoms with van der Waals surface area (Å²) in [4.78, 5) is 0. The molecule has 2 N–H and O–H groups in total. The Hall–Kier alpha value is -0.990. The molecule has 0 heterocycles. The van der Waals surface area contributed by atoms with Crippen molar-refractivity contribution in [2.24, 2.45) is 5.73 Å². The van der Waals surface area contributed by atoms with Gasteiger partial charge in [0.1, 0.15) is 5.76 Å². The summed E-state index contributed by atoms with van der Waals surface area (Å²) in [5.74, 6) is 0.0560. The van der Waals surface area contributed by atoms with Crippen LogP contribution in [0.15, 0.2) is 23.4 Å². The van der Waals surface area contributed by atoms with Gasteiger partial charge in [-0.25, -0.2) is 4.39 Å². The highest BCUT2D eigenvalue weighted by Crippen LogP contribution is 2.22. The summed E-state index contributed by atoms with van der Waals surface area (Å²) in [6, 6.07) is 0. The Bertz CT molecular complexity index is 196. The van der Waals surface area contributed by atoms with E-state index in [0.717, 1.165) is 0 Å². The molecule has 1 aliphatic rings. The fourth-order valence-electron chi connectivity index (χ4n) is 0.892. The van der Waals surface area contributed by atoms with Crippen LogP contribution >= 0.6 is 0 Å². The van der Waals surface area contributed by atoms with Gasteiger partial charge in [0.2, 0.25) is 0 Å². The first-order valence-electron chi connectivity index (χ1n) is 3.12. The Labute approximate surface area is 59.2 Å². The number of methoxy groups -OCH3 is 1. The number of nitrogens with two attached hydrogens (primary N) is 1. The molecule has 0 aromatic carbocycles. The third-order valence-corrected chi connectivity index (χ3v) is 1.47. The molecular weight excluding hydrogens is 133 g/mol. The summed E-state index contributed by atoms with van der Waals surface area (Å²) in [5.41, 5.74) is 5.96. The van der Waals surface area contributed by atoms with E-state index >= 15 is 0 Å². The highest BCUT2D eigenvalue weighted by molar-refractivity contribution is 5.24. The van der Waals surface area contributed by atoms with Crippen LogP contribution < -0.4 is 5.73 Å². The van der Waals surface area contributed by atoms with Crippen molar-refractivity contribution in [3.8, 4) is 0 Å². The lowest BCUT2D eigenvalue weighted by molar-refractivity contribution is 0.260. The lowest BCUT2D eigenvalue weighted by atomic mass is 10.1. The fourth-order valence-corrected chi connectivity index (χ4v) is 0.892. The van der Waals surface area contributed by atoms with Crippen molar-refractivity contribution >= 4 is 0 Å². The summed E-state index contributed by atoms with van der Waals surface area (Å²) in [7, 11) is 1.46. The molecule has 0 spiro atoms. The minimum absolute atomic E-state index is 0.341. The van der Waals surface area contributed by atoms with Gasteiger partial charge in [0, 0.05) is 12.1 Å². The first-order chi connectivity index (χ1) is 4.74. The number of hydrogen-bond donors (Lipinski definition) is 1. The van der Waals surface area contributed by atoms with E-state index < -0.39 is 0 Å². The minimum atomic E-state index is -0.341. The van der Waals surface area contributed by atoms with Crippen molar-refractivity contribution in [1.82, 2.24) is 0 Å². The van der Waals surface area contributed by atoms with Crippen molar-refractivity contribution in [2.75, 3.05) is 7.11 Å². The molecule has 0 fully saturated rings. The molecule has 0 amide bonds. The van der Waals surface area contributed by atoms with Crippen molar-refractivity contribution in [3.63, 3.8) is 0 Å². The first-order valence-corrected chi connectivity index (χ1v) is 3.12. The van der Waals surface area contributed by atoms with E-state index in [2.05, 4.69) is 0 Å². The van der Waals surface area contributed by atoms with Gasteiger partial charge in [-0.3, -0.25) is 0 Å². The fraction of sp³-hybridized carbons (Fsp3) is 0.429. The van der Waals surface area contributed by atoms with Gasteiger partial charge in [0.15, 0.2) is 5.83 Å². The Kier molecular flexibility index (Phi) is 1.94. The zero-order chi connectivity index (χ0) is 7.56. The number of hydrogen-bond acceptors (Lipinski definition) is 2. The molecule has 0 aromatic rings. The summed E-state index contributed by atoms with van der Waals surface area (Å²) in [5, 5.41) is 0. The van der Waals surface area contributed by atoms with Crippen LogP contribution in [-0.2, 0) is 4.74 Å². The monoisotopic (exact) mass is 143 g/mol. The third-order valence-electron chi connectivity index (χ3n) is 1.47. The molecule has 2 nitrogen and oxygen atoms in total. The van der Waals surface area contributed by atoms with Gasteiger partial charge < -0.3 is 10.5 Å². The van der Waals surface area contributed by atoms with Gasteiger partial charge in [-0.2, -0.15) is 0 Å². The highest BCUT2D eigenvalue weighted by Gasteiger charge is 2.10. The molecule has 0 aromatic heterocycles. The highest BCUT2D eigenvalue weighted by atomic mass is 19.1. The topological polar surface area (TPSA) is 35.2 Å². The largest absolute Gasteiger partial charge is 0.498 e. The van der Waals surface area contributed by atoms with Gasteiger partial charge >= 0.3 is 0 Å². The summed E-state index contributed by atoms with van der Waals surface area (Å²) >= 11 is 0. The van der Waals surface area contributed by atoms with Crippen LogP contribution in [0, 0.1) is 0 Å². The molecule has 0 bridgehead atoms. The standard InChI is InChI=1S/C7H10FNO/c1-10-7-3-2-5(9)4-6(7)8/h4H,2-3,9H2,1H3. The van der Waals surface area contributed by atoms with E-state index in [-0.39, 0.29) is 5.83 Å². The quantitative estimate of drug-likeness (QED) is 0.603. The average molecular weight is 143 g/mol. The summed E-state index contributed by atoms with van der Waals surface area (Å²) in [6.45, 7) is 0. The van der Waals surface area contributed by atoms with Crippen LogP contribution in [0.3, 0.4) is 0 Å². The Morgan fingerprint density at radius 3 is 2.80 bits per heavy atom. The van der Waals surface area contributed by atoms with Crippen molar-refractivity contribution < 1.29 is 9.13 Å².